The van der Waals surface area contributed by atoms with E-state index in [1.807, 2.05) is 0 Å². The first-order chi connectivity index (χ1) is 17.6. The van der Waals surface area contributed by atoms with Gasteiger partial charge in [0.15, 0.2) is 0 Å². The van der Waals surface area contributed by atoms with Crippen molar-refractivity contribution in [1.82, 2.24) is 0 Å². The number of methoxy groups -OCH3 is 2. The lowest BCUT2D eigenvalue weighted by Gasteiger charge is -2.14. The van der Waals surface area contributed by atoms with Gasteiger partial charge in [0.25, 0.3) is 0 Å². The molecule has 2 radical (unpaired) electrons. The quantitative estimate of drug-likeness (QED) is 0.125. The first-order valence-electron chi connectivity index (χ1n) is 12.3. The fourth-order valence-electron chi connectivity index (χ4n) is 3.49. The fourth-order valence-corrected chi connectivity index (χ4v) is 3.49. The first-order valence-corrected chi connectivity index (χ1v) is 12.3. The van der Waals surface area contributed by atoms with Crippen molar-refractivity contribution in [3.05, 3.63) is 72.9 Å². The van der Waals surface area contributed by atoms with Gasteiger partial charge in [0.05, 0.1) is 14.2 Å². The zero-order valence-corrected chi connectivity index (χ0v) is 21.2. The number of ether oxygens (including phenoxy) is 2. The second kappa shape index (κ2) is 17.3. The summed E-state index contributed by atoms with van der Waals surface area (Å²) in [6, 6.07) is 13.2. The fraction of sp³-hybridized carbons (Fsp3) is 0.429. The number of benzene rings is 2. The molecule has 2 aromatic carbocycles. The Morgan fingerprint density at radius 1 is 0.611 bits per heavy atom. The van der Waals surface area contributed by atoms with E-state index >= 15 is 0 Å². The van der Waals surface area contributed by atoms with Gasteiger partial charge in [-0.25, -0.2) is 9.59 Å². The SMILES string of the molecule is [CH2]CCCCCCCCCC[C](OOC(=O)c1ccccc1OC)OOC(=O)c1ccccc1OC. The maximum absolute atomic E-state index is 12.5. The first kappa shape index (κ1) is 29.1. The van der Waals surface area contributed by atoms with E-state index in [4.69, 9.17) is 29.0 Å². The Bertz CT molecular complexity index is 850. The molecular weight excluding hydrogens is 464 g/mol. The van der Waals surface area contributed by atoms with Gasteiger partial charge >= 0.3 is 18.2 Å². The number of carbonyl (C=O) groups is 2. The topological polar surface area (TPSA) is 89.5 Å². The molecule has 0 bridgehead atoms. The number of rotatable bonds is 18. The second-order valence-electron chi connectivity index (χ2n) is 8.11. The third kappa shape index (κ3) is 10.3. The molecule has 2 aromatic rings. The minimum atomic E-state index is -0.771. The van der Waals surface area contributed by atoms with E-state index in [2.05, 4.69) is 6.92 Å². The average molecular weight is 501 g/mol. The molecule has 2 rings (SSSR count). The van der Waals surface area contributed by atoms with Crippen LogP contribution < -0.4 is 9.47 Å². The lowest BCUT2D eigenvalue weighted by Crippen LogP contribution is -2.17. The van der Waals surface area contributed by atoms with Crippen molar-refractivity contribution in [3.8, 4) is 11.5 Å². The summed E-state index contributed by atoms with van der Waals surface area (Å²) < 4.78 is 10.4. The van der Waals surface area contributed by atoms with Crippen LogP contribution in [0.15, 0.2) is 48.5 Å². The Morgan fingerprint density at radius 2 is 1.03 bits per heavy atom. The van der Waals surface area contributed by atoms with E-state index in [9.17, 15) is 9.59 Å². The summed E-state index contributed by atoms with van der Waals surface area (Å²) in [7, 11) is 2.90. The average Bonchev–Trinajstić information content (AvgIpc) is 2.92. The molecule has 0 aromatic heterocycles. The maximum Gasteiger partial charge on any atom is 0.376 e. The van der Waals surface area contributed by atoms with E-state index < -0.39 is 11.9 Å². The molecule has 0 spiro atoms. The molecule has 0 heterocycles. The van der Waals surface area contributed by atoms with Crippen LogP contribution in [0.1, 0.15) is 84.9 Å². The van der Waals surface area contributed by atoms with Crippen LogP contribution in [0.2, 0.25) is 0 Å². The molecule has 36 heavy (non-hydrogen) atoms. The predicted octanol–water partition coefficient (Wildman–Crippen LogP) is 6.81. The molecule has 0 saturated heterocycles. The van der Waals surface area contributed by atoms with Crippen molar-refractivity contribution in [1.29, 1.82) is 0 Å². The Kier molecular flexibility index (Phi) is 14.0. The Morgan fingerprint density at radius 3 is 1.47 bits per heavy atom. The highest BCUT2D eigenvalue weighted by atomic mass is 17.3. The number of para-hydroxylation sites is 2. The lowest BCUT2D eigenvalue weighted by molar-refractivity contribution is -0.364. The van der Waals surface area contributed by atoms with Gasteiger partial charge in [-0.2, -0.15) is 0 Å². The van der Waals surface area contributed by atoms with Crippen molar-refractivity contribution in [2.75, 3.05) is 14.2 Å². The molecule has 0 unspecified atom stereocenters. The summed E-state index contributed by atoms with van der Waals surface area (Å²) in [6.45, 7) is 3.86. The molecule has 8 heteroatoms. The molecular formula is C28H36O8. The van der Waals surface area contributed by atoms with Gasteiger partial charge in [-0.15, -0.1) is 9.78 Å². The van der Waals surface area contributed by atoms with Crippen LogP contribution in [0.3, 0.4) is 0 Å². The minimum Gasteiger partial charge on any atom is -0.496 e. The monoisotopic (exact) mass is 500 g/mol. The van der Waals surface area contributed by atoms with Crippen LogP contribution in [-0.4, -0.2) is 26.2 Å². The van der Waals surface area contributed by atoms with Crippen LogP contribution >= 0.6 is 0 Å². The molecule has 0 saturated carbocycles. The highest BCUT2D eigenvalue weighted by Gasteiger charge is 2.23. The van der Waals surface area contributed by atoms with E-state index in [0.29, 0.717) is 17.9 Å². The molecule has 0 N–H and O–H groups in total. The summed E-state index contributed by atoms with van der Waals surface area (Å²) in [4.78, 5) is 45.1. The Hall–Kier alpha value is -3.10. The van der Waals surface area contributed by atoms with E-state index in [1.54, 1.807) is 48.5 Å². The molecule has 0 fully saturated rings. The number of hydrogen-bond acceptors (Lipinski definition) is 8. The highest BCUT2D eigenvalue weighted by Crippen LogP contribution is 2.23. The van der Waals surface area contributed by atoms with Crippen LogP contribution in [0.5, 0.6) is 11.5 Å². The third-order valence-corrected chi connectivity index (χ3v) is 5.46. The van der Waals surface area contributed by atoms with E-state index in [1.165, 1.54) is 39.9 Å². The lowest BCUT2D eigenvalue weighted by atomic mass is 10.1. The van der Waals surface area contributed by atoms with Gasteiger partial charge < -0.3 is 9.47 Å². The predicted molar refractivity (Wildman–Crippen MR) is 134 cm³/mol. The highest BCUT2D eigenvalue weighted by molar-refractivity contribution is 5.92. The van der Waals surface area contributed by atoms with Gasteiger partial charge in [-0.1, -0.05) is 82.6 Å². The molecule has 0 amide bonds. The number of carbonyl (C=O) groups excluding carboxylic acids is 2. The summed E-state index contributed by atoms with van der Waals surface area (Å²) in [5.41, 5.74) is 0.369. The summed E-state index contributed by atoms with van der Waals surface area (Å²) in [6.07, 6.45) is 9.75. The molecule has 0 atom stereocenters. The van der Waals surface area contributed by atoms with E-state index in [-0.39, 0.29) is 23.8 Å². The normalized spacial score (nSPS) is 10.8. The standard InChI is InChI=1S/C28H36O8/c1-4-5-6-7-8-9-10-11-12-21-26(33-35-27(29)22-17-13-15-19-24(22)31-2)34-36-28(30)23-18-14-16-20-25(23)32-3/h13-20H,1,4-12,21H2,2-3H3. The molecule has 8 nitrogen and oxygen atoms in total. The van der Waals surface area contributed by atoms with Crippen molar-refractivity contribution in [2.45, 2.75) is 64.2 Å². The van der Waals surface area contributed by atoms with Crippen LogP contribution in [-0.2, 0) is 19.6 Å². The maximum atomic E-state index is 12.5. The van der Waals surface area contributed by atoms with Crippen molar-refractivity contribution < 1.29 is 38.6 Å². The second-order valence-corrected chi connectivity index (χ2v) is 8.11. The zero-order chi connectivity index (χ0) is 26.0. The van der Waals surface area contributed by atoms with Gasteiger partial charge in [0, 0.05) is 6.42 Å². The Labute approximate surface area is 213 Å². The van der Waals surface area contributed by atoms with Gasteiger partial charge in [-0.05, 0) is 30.7 Å². The van der Waals surface area contributed by atoms with Gasteiger partial charge in [-0.3, -0.25) is 9.78 Å². The van der Waals surface area contributed by atoms with Crippen LogP contribution in [0.25, 0.3) is 0 Å². The minimum absolute atomic E-state index is 0.142. The van der Waals surface area contributed by atoms with Crippen LogP contribution in [0.4, 0.5) is 0 Å². The smallest absolute Gasteiger partial charge is 0.376 e. The largest absolute Gasteiger partial charge is 0.496 e. The third-order valence-electron chi connectivity index (χ3n) is 5.46. The van der Waals surface area contributed by atoms with Crippen molar-refractivity contribution in [2.24, 2.45) is 0 Å². The number of unbranched alkanes of at least 4 members (excludes halogenated alkanes) is 8. The van der Waals surface area contributed by atoms with Gasteiger partial charge in [0.2, 0.25) is 0 Å². The van der Waals surface area contributed by atoms with Gasteiger partial charge in [0.1, 0.15) is 22.6 Å². The summed E-state index contributed by atoms with van der Waals surface area (Å²) in [5.74, 6) is -0.864. The van der Waals surface area contributed by atoms with E-state index in [0.717, 1.165) is 25.7 Å². The molecule has 0 aliphatic carbocycles. The summed E-state index contributed by atoms with van der Waals surface area (Å²) in [5, 5.41) is 0. The number of hydrogen-bond donors (Lipinski definition) is 0. The summed E-state index contributed by atoms with van der Waals surface area (Å²) >= 11 is 0. The molecule has 196 valence electrons. The van der Waals surface area contributed by atoms with Crippen molar-refractivity contribution >= 4 is 11.9 Å². The molecule has 0 aliphatic rings. The van der Waals surface area contributed by atoms with Crippen LogP contribution in [0, 0.1) is 13.2 Å². The zero-order valence-electron chi connectivity index (χ0n) is 21.2. The molecule has 0 aliphatic heterocycles. The van der Waals surface area contributed by atoms with Crippen molar-refractivity contribution in [3.63, 3.8) is 0 Å². The Balaban J connectivity index is 1.88.